The van der Waals surface area contributed by atoms with Gasteiger partial charge in [-0.3, -0.25) is 19.0 Å². The Hall–Kier alpha value is -4.08. The summed E-state index contributed by atoms with van der Waals surface area (Å²) in [6, 6.07) is 9.80. The lowest BCUT2D eigenvalue weighted by molar-refractivity contribution is -0.115. The first-order chi connectivity index (χ1) is 14.6. The molecule has 0 fully saturated rings. The molecule has 3 aromatic rings. The molecule has 0 aliphatic rings. The molecule has 0 spiro atoms. The van der Waals surface area contributed by atoms with Crippen LogP contribution in [0.3, 0.4) is 0 Å². The molecule has 10 nitrogen and oxygen atoms in total. The Morgan fingerprint density at radius 2 is 1.67 bits per heavy atom. The lowest BCUT2D eigenvalue weighted by Crippen LogP contribution is -2.35. The molecule has 154 valence electrons. The van der Waals surface area contributed by atoms with E-state index in [4.69, 9.17) is 0 Å². The van der Waals surface area contributed by atoms with Crippen LogP contribution in [0.15, 0.2) is 55.1 Å². The van der Waals surface area contributed by atoms with Crippen molar-refractivity contribution in [2.24, 2.45) is 0 Å². The van der Waals surface area contributed by atoms with Crippen molar-refractivity contribution >= 4 is 23.4 Å². The van der Waals surface area contributed by atoms with Gasteiger partial charge in [0.2, 0.25) is 5.91 Å². The second kappa shape index (κ2) is 9.92. The topological polar surface area (TPSA) is 131 Å². The molecule has 2 aromatic heterocycles. The van der Waals surface area contributed by atoms with Gasteiger partial charge >= 0.3 is 0 Å². The Bertz CT molecular complexity index is 1000. The van der Waals surface area contributed by atoms with E-state index in [0.717, 1.165) is 0 Å². The van der Waals surface area contributed by atoms with E-state index in [1.165, 1.54) is 0 Å². The number of aromatic nitrogens is 4. The van der Waals surface area contributed by atoms with E-state index in [9.17, 15) is 14.4 Å². The van der Waals surface area contributed by atoms with Crippen LogP contribution in [0, 0.1) is 0 Å². The third-order valence-corrected chi connectivity index (χ3v) is 4.10. The van der Waals surface area contributed by atoms with Gasteiger partial charge in [-0.25, -0.2) is 4.98 Å². The standard InChI is InChI=1S/C20H21N7O3/c1-2-18(28)24-15-5-3-14(4-6-15)19(29)22-9-10-23-20(30)16-7-8-17(26-25-16)27-12-11-21-13-27/h3-8,11-13H,2,9-10H2,1H3,(H,22,29)(H,23,30)(H,24,28). The Morgan fingerprint density at radius 1 is 0.933 bits per heavy atom. The van der Waals surface area contributed by atoms with Gasteiger partial charge in [-0.1, -0.05) is 6.92 Å². The number of benzene rings is 1. The highest BCUT2D eigenvalue weighted by Gasteiger charge is 2.09. The first-order valence-electron chi connectivity index (χ1n) is 9.35. The van der Waals surface area contributed by atoms with Crippen molar-refractivity contribution in [1.82, 2.24) is 30.4 Å². The molecule has 2 heterocycles. The largest absolute Gasteiger partial charge is 0.350 e. The van der Waals surface area contributed by atoms with Gasteiger partial charge < -0.3 is 16.0 Å². The molecule has 0 unspecified atom stereocenters. The van der Waals surface area contributed by atoms with Crippen molar-refractivity contribution in [3.63, 3.8) is 0 Å². The van der Waals surface area contributed by atoms with E-state index < -0.39 is 0 Å². The molecule has 0 saturated carbocycles. The zero-order chi connectivity index (χ0) is 21.3. The van der Waals surface area contributed by atoms with Crippen LogP contribution >= 0.6 is 0 Å². The van der Waals surface area contributed by atoms with Crippen molar-refractivity contribution < 1.29 is 14.4 Å². The van der Waals surface area contributed by atoms with Gasteiger partial charge in [0.1, 0.15) is 6.33 Å². The summed E-state index contributed by atoms with van der Waals surface area (Å²) in [5, 5.41) is 16.0. The van der Waals surface area contributed by atoms with Crippen LogP contribution in [0.25, 0.3) is 5.82 Å². The molecular formula is C20H21N7O3. The van der Waals surface area contributed by atoms with E-state index in [0.29, 0.717) is 23.5 Å². The van der Waals surface area contributed by atoms with E-state index >= 15 is 0 Å². The monoisotopic (exact) mass is 407 g/mol. The van der Waals surface area contributed by atoms with E-state index in [-0.39, 0.29) is 36.5 Å². The normalized spacial score (nSPS) is 10.3. The quantitative estimate of drug-likeness (QED) is 0.481. The third-order valence-electron chi connectivity index (χ3n) is 4.10. The summed E-state index contributed by atoms with van der Waals surface area (Å²) in [5.74, 6) is -0.201. The van der Waals surface area contributed by atoms with Crippen LogP contribution < -0.4 is 16.0 Å². The predicted molar refractivity (Wildman–Crippen MR) is 109 cm³/mol. The van der Waals surface area contributed by atoms with Crippen molar-refractivity contribution in [1.29, 1.82) is 0 Å². The average molecular weight is 407 g/mol. The molecule has 0 aliphatic heterocycles. The second-order valence-corrected chi connectivity index (χ2v) is 6.24. The van der Waals surface area contributed by atoms with Gasteiger partial charge in [0.15, 0.2) is 11.5 Å². The molecule has 0 aliphatic carbocycles. The maximum atomic E-state index is 12.2. The predicted octanol–water partition coefficient (Wildman–Crippen LogP) is 1.17. The molecule has 0 saturated heterocycles. The van der Waals surface area contributed by atoms with Gasteiger partial charge in [0, 0.05) is 43.2 Å². The number of carbonyl (C=O) groups is 3. The number of nitrogens with zero attached hydrogens (tertiary/aromatic N) is 4. The van der Waals surface area contributed by atoms with Crippen molar-refractivity contribution in [2.45, 2.75) is 13.3 Å². The summed E-state index contributed by atoms with van der Waals surface area (Å²) < 4.78 is 1.68. The fourth-order valence-corrected chi connectivity index (χ4v) is 2.48. The van der Waals surface area contributed by atoms with Crippen LogP contribution in [0.4, 0.5) is 5.69 Å². The number of carbonyl (C=O) groups excluding carboxylic acids is 3. The van der Waals surface area contributed by atoms with E-state index in [2.05, 4.69) is 31.1 Å². The second-order valence-electron chi connectivity index (χ2n) is 6.24. The number of imidazole rings is 1. The van der Waals surface area contributed by atoms with Crippen molar-refractivity contribution in [3.8, 4) is 5.82 Å². The zero-order valence-electron chi connectivity index (χ0n) is 16.3. The molecule has 3 N–H and O–H groups in total. The number of hydrogen-bond donors (Lipinski definition) is 3. The number of nitrogens with one attached hydrogen (secondary N) is 3. The Balaban J connectivity index is 1.42. The summed E-state index contributed by atoms with van der Waals surface area (Å²) in [6.45, 7) is 2.25. The van der Waals surface area contributed by atoms with Crippen molar-refractivity contribution in [2.75, 3.05) is 18.4 Å². The molecule has 1 aromatic carbocycles. The summed E-state index contributed by atoms with van der Waals surface area (Å²) in [5.41, 5.74) is 1.26. The molecular weight excluding hydrogens is 386 g/mol. The lowest BCUT2D eigenvalue weighted by atomic mass is 10.2. The van der Waals surface area contributed by atoms with Gasteiger partial charge in [0.25, 0.3) is 11.8 Å². The average Bonchev–Trinajstić information content (AvgIpc) is 3.32. The highest BCUT2D eigenvalue weighted by atomic mass is 16.2. The van der Waals surface area contributed by atoms with Crippen LogP contribution in [0.1, 0.15) is 34.2 Å². The molecule has 0 radical (unpaired) electrons. The number of amides is 3. The Kier molecular flexibility index (Phi) is 6.83. The minimum atomic E-state index is -0.384. The minimum Gasteiger partial charge on any atom is -0.350 e. The summed E-state index contributed by atoms with van der Waals surface area (Å²) >= 11 is 0. The smallest absolute Gasteiger partial charge is 0.271 e. The SMILES string of the molecule is CCC(=O)Nc1ccc(C(=O)NCCNC(=O)c2ccc(-n3ccnc3)nn2)cc1. The first-order valence-corrected chi connectivity index (χ1v) is 9.35. The molecule has 10 heteroatoms. The molecule has 30 heavy (non-hydrogen) atoms. The molecule has 3 amide bonds. The molecule has 0 bridgehead atoms. The van der Waals surface area contributed by atoms with Gasteiger partial charge in [-0.15, -0.1) is 10.2 Å². The van der Waals surface area contributed by atoms with Crippen LogP contribution in [-0.2, 0) is 4.79 Å². The highest BCUT2D eigenvalue weighted by molar-refractivity contribution is 5.96. The fraction of sp³-hybridized carbons (Fsp3) is 0.200. The maximum absolute atomic E-state index is 12.2. The Morgan fingerprint density at radius 3 is 2.27 bits per heavy atom. The number of rotatable bonds is 8. The van der Waals surface area contributed by atoms with E-state index in [1.807, 2.05) is 0 Å². The highest BCUT2D eigenvalue weighted by Crippen LogP contribution is 2.10. The number of anilines is 1. The summed E-state index contributed by atoms with van der Waals surface area (Å²) in [7, 11) is 0. The third kappa shape index (κ3) is 5.47. The molecule has 0 atom stereocenters. The lowest BCUT2D eigenvalue weighted by Gasteiger charge is -2.08. The first kappa shape index (κ1) is 20.6. The van der Waals surface area contributed by atoms with Gasteiger partial charge in [-0.05, 0) is 36.4 Å². The molecule has 3 rings (SSSR count). The summed E-state index contributed by atoms with van der Waals surface area (Å²) in [4.78, 5) is 39.6. The van der Waals surface area contributed by atoms with Gasteiger partial charge in [-0.2, -0.15) is 0 Å². The summed E-state index contributed by atoms with van der Waals surface area (Å²) in [6.07, 6.45) is 5.31. The van der Waals surface area contributed by atoms with Crippen LogP contribution in [0.5, 0.6) is 0 Å². The van der Waals surface area contributed by atoms with Crippen molar-refractivity contribution in [3.05, 3.63) is 66.4 Å². The van der Waals surface area contributed by atoms with E-state index in [1.54, 1.807) is 66.6 Å². The van der Waals surface area contributed by atoms with Gasteiger partial charge in [0.05, 0.1) is 0 Å². The fourth-order valence-electron chi connectivity index (χ4n) is 2.48. The Labute approximate surface area is 172 Å². The van der Waals surface area contributed by atoms with Crippen LogP contribution in [0.2, 0.25) is 0 Å². The zero-order valence-corrected chi connectivity index (χ0v) is 16.3. The minimum absolute atomic E-state index is 0.0935. The maximum Gasteiger partial charge on any atom is 0.271 e. The van der Waals surface area contributed by atoms with Crippen LogP contribution in [-0.4, -0.2) is 50.6 Å². The number of hydrogen-bond acceptors (Lipinski definition) is 6.